The molecule has 0 saturated carbocycles. The highest BCUT2D eigenvalue weighted by molar-refractivity contribution is 5.68. The quantitative estimate of drug-likeness (QED) is 0.192. The maximum atomic E-state index is 10.9. The first-order valence-corrected chi connectivity index (χ1v) is 12.3. The summed E-state index contributed by atoms with van der Waals surface area (Å²) < 4.78 is 4.63. The minimum absolute atomic E-state index is 0.0651. The third-order valence-electron chi connectivity index (χ3n) is 5.46. The Morgan fingerprint density at radius 2 is 1.07 bits per heavy atom. The van der Waals surface area contributed by atoms with Gasteiger partial charge >= 0.3 is 5.97 Å². The number of hydrogen-bond acceptors (Lipinski definition) is 2. The number of ether oxygens (including phenoxy) is 1. The number of hydrogen-bond donors (Lipinski definition) is 0. The topological polar surface area (TPSA) is 26.3 Å². The molecule has 2 heteroatoms. The van der Waals surface area contributed by atoms with Gasteiger partial charge in [0.05, 0.1) is 7.11 Å². The van der Waals surface area contributed by atoms with Gasteiger partial charge in [-0.3, -0.25) is 4.79 Å². The average Bonchev–Trinajstić information content (AvgIpc) is 2.77. The summed E-state index contributed by atoms with van der Waals surface area (Å²) in [5.74, 6) is -0.0651. The molecule has 0 aliphatic carbocycles. The summed E-state index contributed by atoms with van der Waals surface area (Å²) in [5.41, 5.74) is 1.41. The molecular weight excluding hydrogens is 356 g/mol. The predicted octanol–water partition coefficient (Wildman–Crippen LogP) is 8.67. The minimum atomic E-state index is -0.0651. The standard InChI is InChI=1S/C19H38O2.C8H10/c1-3-4-5-6-7-8-9-10-11-12-13-14-15-16-17-18-19(20)21-2;1-2-8-6-4-3-5-7-8/h3-18H2,1-2H3;3-7H,2H2,1H3. The molecule has 2 nitrogen and oxygen atoms in total. The van der Waals surface area contributed by atoms with Crippen molar-refractivity contribution in [3.8, 4) is 0 Å². The molecular formula is C27H48O2. The van der Waals surface area contributed by atoms with Crippen LogP contribution in [-0.4, -0.2) is 13.1 Å². The van der Waals surface area contributed by atoms with Gasteiger partial charge in [0, 0.05) is 6.42 Å². The second kappa shape index (κ2) is 23.0. The van der Waals surface area contributed by atoms with E-state index in [1.807, 2.05) is 6.07 Å². The van der Waals surface area contributed by atoms with Gasteiger partial charge in [0.1, 0.15) is 0 Å². The van der Waals surface area contributed by atoms with Crippen LogP contribution in [0.15, 0.2) is 30.3 Å². The number of aryl methyl sites for hydroxylation is 1. The van der Waals surface area contributed by atoms with Crippen LogP contribution >= 0.6 is 0 Å². The molecule has 168 valence electrons. The Hall–Kier alpha value is -1.31. The molecule has 1 aromatic carbocycles. The summed E-state index contributed by atoms with van der Waals surface area (Å²) in [6.07, 6.45) is 22.1. The zero-order valence-electron chi connectivity index (χ0n) is 19.7. The van der Waals surface area contributed by atoms with Crippen LogP contribution in [0.5, 0.6) is 0 Å². The normalized spacial score (nSPS) is 10.3. The predicted molar refractivity (Wildman–Crippen MR) is 127 cm³/mol. The van der Waals surface area contributed by atoms with Gasteiger partial charge in [-0.1, -0.05) is 134 Å². The number of esters is 1. The molecule has 0 radical (unpaired) electrons. The van der Waals surface area contributed by atoms with Crippen molar-refractivity contribution in [1.82, 2.24) is 0 Å². The third-order valence-corrected chi connectivity index (χ3v) is 5.46. The lowest BCUT2D eigenvalue weighted by molar-refractivity contribution is -0.140. The molecule has 0 aliphatic heterocycles. The van der Waals surface area contributed by atoms with E-state index >= 15 is 0 Å². The molecule has 0 bridgehead atoms. The van der Waals surface area contributed by atoms with Crippen molar-refractivity contribution in [3.63, 3.8) is 0 Å². The van der Waals surface area contributed by atoms with Crippen LogP contribution < -0.4 is 0 Å². The van der Waals surface area contributed by atoms with Crippen molar-refractivity contribution >= 4 is 5.97 Å². The Kier molecular flexibility index (Phi) is 21.9. The first-order chi connectivity index (χ1) is 14.2. The Morgan fingerprint density at radius 1 is 0.655 bits per heavy atom. The molecule has 1 rings (SSSR count). The first-order valence-electron chi connectivity index (χ1n) is 12.3. The maximum absolute atomic E-state index is 10.9. The van der Waals surface area contributed by atoms with E-state index in [0.29, 0.717) is 6.42 Å². The average molecular weight is 405 g/mol. The molecule has 0 heterocycles. The van der Waals surface area contributed by atoms with Crippen molar-refractivity contribution in [2.45, 2.75) is 123 Å². The van der Waals surface area contributed by atoms with Crippen molar-refractivity contribution in [2.75, 3.05) is 7.11 Å². The molecule has 0 atom stereocenters. The number of carbonyl (C=O) groups excluding carboxylic acids is 1. The highest BCUT2D eigenvalue weighted by atomic mass is 16.5. The molecule has 1 aromatic rings. The molecule has 0 spiro atoms. The lowest BCUT2D eigenvalue weighted by atomic mass is 10.0. The molecule has 0 unspecified atom stereocenters. The number of carbonyl (C=O) groups is 1. The van der Waals surface area contributed by atoms with Gasteiger partial charge in [0.2, 0.25) is 0 Å². The van der Waals surface area contributed by atoms with E-state index in [0.717, 1.165) is 12.8 Å². The van der Waals surface area contributed by atoms with Gasteiger partial charge in [-0.25, -0.2) is 0 Å². The fraction of sp³-hybridized carbons (Fsp3) is 0.741. The third kappa shape index (κ3) is 21.2. The van der Waals surface area contributed by atoms with E-state index in [2.05, 4.69) is 42.8 Å². The molecule has 29 heavy (non-hydrogen) atoms. The summed E-state index contributed by atoms with van der Waals surface area (Å²) in [4.78, 5) is 10.9. The van der Waals surface area contributed by atoms with E-state index in [4.69, 9.17) is 0 Å². The zero-order chi connectivity index (χ0) is 21.4. The largest absolute Gasteiger partial charge is 0.469 e. The van der Waals surface area contributed by atoms with E-state index in [1.165, 1.54) is 103 Å². The second-order valence-corrected chi connectivity index (χ2v) is 8.12. The summed E-state index contributed by atoms with van der Waals surface area (Å²) in [6, 6.07) is 10.5. The van der Waals surface area contributed by atoms with Crippen LogP contribution in [0, 0.1) is 0 Å². The highest BCUT2D eigenvalue weighted by Crippen LogP contribution is 2.13. The smallest absolute Gasteiger partial charge is 0.305 e. The lowest BCUT2D eigenvalue weighted by Crippen LogP contribution is -1.99. The monoisotopic (exact) mass is 404 g/mol. The molecule has 0 fully saturated rings. The fourth-order valence-electron chi connectivity index (χ4n) is 3.46. The van der Waals surface area contributed by atoms with E-state index in [9.17, 15) is 4.79 Å². The van der Waals surface area contributed by atoms with Crippen molar-refractivity contribution in [2.24, 2.45) is 0 Å². The van der Waals surface area contributed by atoms with Crippen LogP contribution in [0.1, 0.15) is 122 Å². The Morgan fingerprint density at radius 3 is 1.41 bits per heavy atom. The van der Waals surface area contributed by atoms with Crippen LogP contribution in [0.3, 0.4) is 0 Å². The van der Waals surface area contributed by atoms with Gasteiger partial charge < -0.3 is 4.74 Å². The second-order valence-electron chi connectivity index (χ2n) is 8.12. The Bertz CT molecular complexity index is 441. The van der Waals surface area contributed by atoms with Crippen LogP contribution in [-0.2, 0) is 16.0 Å². The van der Waals surface area contributed by atoms with Crippen LogP contribution in [0.4, 0.5) is 0 Å². The van der Waals surface area contributed by atoms with Crippen molar-refractivity contribution < 1.29 is 9.53 Å². The number of methoxy groups -OCH3 is 1. The number of rotatable bonds is 17. The van der Waals surface area contributed by atoms with E-state index < -0.39 is 0 Å². The van der Waals surface area contributed by atoms with Gasteiger partial charge in [-0.2, -0.15) is 0 Å². The van der Waals surface area contributed by atoms with Crippen molar-refractivity contribution in [1.29, 1.82) is 0 Å². The molecule has 0 saturated heterocycles. The van der Waals surface area contributed by atoms with E-state index in [-0.39, 0.29) is 5.97 Å². The van der Waals surface area contributed by atoms with Crippen LogP contribution in [0.2, 0.25) is 0 Å². The molecule has 0 amide bonds. The number of unbranched alkanes of at least 4 members (excludes halogenated alkanes) is 14. The van der Waals surface area contributed by atoms with Gasteiger partial charge in [-0.15, -0.1) is 0 Å². The van der Waals surface area contributed by atoms with Gasteiger partial charge in [-0.05, 0) is 18.4 Å². The van der Waals surface area contributed by atoms with Crippen LogP contribution in [0.25, 0.3) is 0 Å². The number of benzene rings is 1. The van der Waals surface area contributed by atoms with Gasteiger partial charge in [0.25, 0.3) is 0 Å². The summed E-state index contributed by atoms with van der Waals surface area (Å²) >= 11 is 0. The Balaban J connectivity index is 0.000000807. The SMILES string of the molecule is CCCCCCCCCCCCCCCCCC(=O)OC.CCc1ccccc1. The Labute approximate surface area is 181 Å². The first kappa shape index (κ1) is 27.7. The lowest BCUT2D eigenvalue weighted by Gasteiger charge is -2.03. The summed E-state index contributed by atoms with van der Waals surface area (Å²) in [6.45, 7) is 4.44. The summed E-state index contributed by atoms with van der Waals surface area (Å²) in [5, 5.41) is 0. The molecule has 0 aromatic heterocycles. The fourth-order valence-corrected chi connectivity index (χ4v) is 3.46. The van der Waals surface area contributed by atoms with E-state index in [1.54, 1.807) is 0 Å². The minimum Gasteiger partial charge on any atom is -0.469 e. The molecule has 0 aliphatic rings. The highest BCUT2D eigenvalue weighted by Gasteiger charge is 1.99. The maximum Gasteiger partial charge on any atom is 0.305 e. The summed E-state index contributed by atoms with van der Waals surface area (Å²) in [7, 11) is 1.47. The van der Waals surface area contributed by atoms with Gasteiger partial charge in [0.15, 0.2) is 0 Å². The van der Waals surface area contributed by atoms with Crippen molar-refractivity contribution in [3.05, 3.63) is 35.9 Å². The molecule has 0 N–H and O–H groups in total. The zero-order valence-corrected chi connectivity index (χ0v) is 19.7.